The van der Waals surface area contributed by atoms with Crippen molar-refractivity contribution in [2.45, 2.75) is 71.6 Å². The van der Waals surface area contributed by atoms with Crippen LogP contribution in [-0.2, 0) is 24.1 Å². The summed E-state index contributed by atoms with van der Waals surface area (Å²) in [5.41, 5.74) is 2.51. The molecule has 0 unspecified atom stereocenters. The van der Waals surface area contributed by atoms with Crippen LogP contribution in [-0.4, -0.2) is 11.1 Å². The van der Waals surface area contributed by atoms with Crippen LogP contribution in [0.1, 0.15) is 69.1 Å². The van der Waals surface area contributed by atoms with E-state index in [-0.39, 0.29) is 36.0 Å². The van der Waals surface area contributed by atoms with Crippen molar-refractivity contribution in [3.8, 4) is 5.75 Å². The summed E-state index contributed by atoms with van der Waals surface area (Å²) in [6.07, 6.45) is 8.07. The topological polar surface area (TPSA) is 60.4 Å². The zero-order valence-corrected chi connectivity index (χ0v) is 16.3. The van der Waals surface area contributed by atoms with Gasteiger partial charge in [0.25, 0.3) is 0 Å². The van der Waals surface area contributed by atoms with Gasteiger partial charge in [0.05, 0.1) is 0 Å². The molecular formula is C18H27NaO3. The van der Waals surface area contributed by atoms with Gasteiger partial charge >= 0.3 is 29.6 Å². The molecule has 3 nitrogen and oxygen atoms in total. The fourth-order valence-corrected chi connectivity index (χ4v) is 2.61. The van der Waals surface area contributed by atoms with Crippen molar-refractivity contribution < 1.29 is 44.6 Å². The van der Waals surface area contributed by atoms with Crippen molar-refractivity contribution in [2.24, 2.45) is 0 Å². The molecule has 0 amide bonds. The van der Waals surface area contributed by atoms with Gasteiger partial charge in [-0.15, -0.1) is 0 Å². The molecule has 1 N–H and O–H groups in total. The minimum Gasteiger partial charge on any atom is -0.550 e. The Labute approximate surface area is 156 Å². The summed E-state index contributed by atoms with van der Waals surface area (Å²) in [6, 6.07) is 3.65. The van der Waals surface area contributed by atoms with Crippen molar-refractivity contribution in [3.05, 3.63) is 28.8 Å². The van der Waals surface area contributed by atoms with Crippen LogP contribution in [0, 0.1) is 0 Å². The van der Waals surface area contributed by atoms with Crippen molar-refractivity contribution >= 4 is 5.97 Å². The number of phenolic OH excluding ortho intramolecular Hbond substituents is 1. The average Bonchev–Trinajstić information content (AvgIpc) is 2.43. The zero-order valence-electron chi connectivity index (χ0n) is 14.3. The molecule has 0 saturated heterocycles. The van der Waals surface area contributed by atoms with Crippen LogP contribution in [0.3, 0.4) is 0 Å². The van der Waals surface area contributed by atoms with E-state index in [1.165, 1.54) is 0 Å². The van der Waals surface area contributed by atoms with Gasteiger partial charge in [-0.2, -0.15) is 0 Å². The Morgan fingerprint density at radius 3 is 1.82 bits per heavy atom. The number of aromatic hydroxyl groups is 1. The van der Waals surface area contributed by atoms with Crippen LogP contribution in [0.2, 0.25) is 0 Å². The summed E-state index contributed by atoms with van der Waals surface area (Å²) in [5, 5.41) is 21.2. The molecule has 0 aliphatic carbocycles. The maximum absolute atomic E-state index is 10.8. The van der Waals surface area contributed by atoms with Gasteiger partial charge < -0.3 is 15.0 Å². The molecule has 0 saturated carbocycles. The van der Waals surface area contributed by atoms with Gasteiger partial charge in [-0.05, 0) is 42.4 Å². The van der Waals surface area contributed by atoms with Gasteiger partial charge in [-0.3, -0.25) is 0 Å². The van der Waals surface area contributed by atoms with E-state index < -0.39 is 5.97 Å². The molecule has 0 bridgehead atoms. The predicted molar refractivity (Wildman–Crippen MR) is 83.3 cm³/mol. The molecule has 4 heteroatoms. The number of phenols is 1. The van der Waals surface area contributed by atoms with Crippen LogP contribution >= 0.6 is 0 Å². The number of unbranched alkanes of at least 4 members (excludes halogenated alkanes) is 4. The summed E-state index contributed by atoms with van der Waals surface area (Å²) < 4.78 is 0. The van der Waals surface area contributed by atoms with E-state index in [0.29, 0.717) is 5.75 Å². The van der Waals surface area contributed by atoms with E-state index in [2.05, 4.69) is 13.8 Å². The van der Waals surface area contributed by atoms with E-state index >= 15 is 0 Å². The first-order valence-corrected chi connectivity index (χ1v) is 8.11. The molecule has 0 atom stereocenters. The van der Waals surface area contributed by atoms with E-state index in [1.807, 2.05) is 12.1 Å². The molecule has 0 radical (unpaired) electrons. The second-order valence-electron chi connectivity index (χ2n) is 5.73. The number of aliphatic carboxylic acids is 1. The maximum Gasteiger partial charge on any atom is 1.00 e. The van der Waals surface area contributed by atoms with Gasteiger partial charge in [-0.1, -0.05) is 51.7 Å². The van der Waals surface area contributed by atoms with Gasteiger partial charge in [0.15, 0.2) is 0 Å². The summed E-state index contributed by atoms with van der Waals surface area (Å²) >= 11 is 0. The van der Waals surface area contributed by atoms with E-state index in [9.17, 15) is 15.0 Å². The number of rotatable bonds is 10. The molecule has 0 heterocycles. The second kappa shape index (κ2) is 12.0. The number of aryl methyl sites for hydroxylation is 2. The molecule has 0 aliphatic rings. The predicted octanol–water partition coefficient (Wildman–Crippen LogP) is 0.154. The first-order chi connectivity index (χ1) is 10.1. The number of carbonyl (C=O) groups excluding carboxylic acids is 1. The molecule has 1 aromatic rings. The Kier molecular flexibility index (Phi) is 11.7. The summed E-state index contributed by atoms with van der Waals surface area (Å²) in [7, 11) is 0. The van der Waals surface area contributed by atoms with Crippen LogP contribution < -0.4 is 34.7 Å². The van der Waals surface area contributed by atoms with Gasteiger partial charge in [-0.25, -0.2) is 0 Å². The van der Waals surface area contributed by atoms with Crippen molar-refractivity contribution in [2.75, 3.05) is 0 Å². The monoisotopic (exact) mass is 314 g/mol. The van der Waals surface area contributed by atoms with Crippen LogP contribution in [0.5, 0.6) is 5.75 Å². The number of carboxylic acids is 1. The average molecular weight is 314 g/mol. The molecule has 118 valence electrons. The third-order valence-corrected chi connectivity index (χ3v) is 3.78. The Hall–Kier alpha value is -0.510. The summed E-state index contributed by atoms with van der Waals surface area (Å²) in [5.74, 6) is -0.705. The molecule has 0 aromatic heterocycles. The molecule has 0 spiro atoms. The van der Waals surface area contributed by atoms with Crippen molar-refractivity contribution in [1.29, 1.82) is 0 Å². The molecule has 0 aliphatic heterocycles. The summed E-state index contributed by atoms with van der Waals surface area (Å²) in [6.45, 7) is 4.28. The first-order valence-electron chi connectivity index (χ1n) is 8.11. The molecule has 1 rings (SSSR count). The maximum atomic E-state index is 10.8. The first kappa shape index (κ1) is 21.5. The SMILES string of the molecule is CCCCCc1cc(CC(=O)[O-])cc(CCCCC)c1O.[Na+]. The zero-order chi connectivity index (χ0) is 15.7. The van der Waals surface area contributed by atoms with Crippen molar-refractivity contribution in [3.63, 3.8) is 0 Å². The van der Waals surface area contributed by atoms with Crippen LogP contribution in [0.15, 0.2) is 12.1 Å². The fourth-order valence-electron chi connectivity index (χ4n) is 2.61. The summed E-state index contributed by atoms with van der Waals surface area (Å²) in [4.78, 5) is 10.8. The third kappa shape index (κ3) is 7.66. The normalized spacial score (nSPS) is 10.3. The number of benzene rings is 1. The van der Waals surface area contributed by atoms with Crippen LogP contribution in [0.4, 0.5) is 0 Å². The van der Waals surface area contributed by atoms with E-state index in [4.69, 9.17) is 0 Å². The Balaban J connectivity index is 0.00000441. The third-order valence-electron chi connectivity index (χ3n) is 3.78. The largest absolute Gasteiger partial charge is 1.00 e. The smallest absolute Gasteiger partial charge is 0.550 e. The molecule has 22 heavy (non-hydrogen) atoms. The fraction of sp³-hybridized carbons (Fsp3) is 0.611. The molecule has 1 aromatic carbocycles. The second-order valence-corrected chi connectivity index (χ2v) is 5.73. The Morgan fingerprint density at radius 2 is 1.45 bits per heavy atom. The van der Waals surface area contributed by atoms with E-state index in [1.54, 1.807) is 0 Å². The minimum absolute atomic E-state index is 0. The Bertz CT molecular complexity index is 427. The van der Waals surface area contributed by atoms with Gasteiger partial charge in [0, 0.05) is 12.4 Å². The Morgan fingerprint density at radius 1 is 1.00 bits per heavy atom. The number of carbonyl (C=O) groups is 1. The molecular weight excluding hydrogens is 287 g/mol. The van der Waals surface area contributed by atoms with E-state index in [0.717, 1.165) is 68.1 Å². The quantitative estimate of drug-likeness (QED) is 0.494. The van der Waals surface area contributed by atoms with Crippen LogP contribution in [0.25, 0.3) is 0 Å². The standard InChI is InChI=1S/C18H28O3.Na/c1-3-5-7-9-15-11-14(13-17(19)20)12-16(18(15)21)10-8-6-4-2;/h11-12,21H,3-10,13H2,1-2H3,(H,19,20);/q;+1/p-1. The molecule has 0 fully saturated rings. The van der Waals surface area contributed by atoms with Gasteiger partial charge in [0.1, 0.15) is 5.75 Å². The number of hydrogen-bond acceptors (Lipinski definition) is 3. The number of hydrogen-bond donors (Lipinski definition) is 1. The number of carboxylic acid groups (broad SMARTS) is 1. The van der Waals surface area contributed by atoms with Crippen molar-refractivity contribution in [1.82, 2.24) is 0 Å². The minimum atomic E-state index is -1.07. The van der Waals surface area contributed by atoms with Gasteiger partial charge in [0.2, 0.25) is 0 Å².